The molecule has 1 N–H and O–H groups in total. The first-order valence-electron chi connectivity index (χ1n) is 3.95. The topological polar surface area (TPSA) is 62.5 Å². The summed E-state index contributed by atoms with van der Waals surface area (Å²) in [6, 6.07) is 3.21. The van der Waals surface area contributed by atoms with Crippen LogP contribution in [0, 0.1) is 11.3 Å². The number of hydrogen-bond acceptors (Lipinski definition) is 4. The molecule has 0 aliphatic carbocycles. The Morgan fingerprint density at radius 3 is 2.86 bits per heavy atom. The number of fused-ring (bicyclic) bond motifs is 1. The molecule has 14 heavy (non-hydrogen) atoms. The van der Waals surface area contributed by atoms with Crippen molar-refractivity contribution in [2.24, 2.45) is 0 Å². The number of ether oxygens (including phenoxy) is 2. The molecule has 4 nitrogen and oxygen atoms in total. The van der Waals surface area contributed by atoms with E-state index < -0.39 is 0 Å². The van der Waals surface area contributed by atoms with Gasteiger partial charge in [-0.25, -0.2) is 0 Å². The Hall–Kier alpha value is -1.60. The van der Waals surface area contributed by atoms with Gasteiger partial charge in [0.25, 0.3) is 0 Å². The summed E-state index contributed by atoms with van der Waals surface area (Å²) in [5.41, 5.74) is 0.112. The quantitative estimate of drug-likeness (QED) is 0.709. The second kappa shape index (κ2) is 3.28. The highest BCUT2D eigenvalue weighted by Crippen LogP contribution is 2.42. The molecular weight excluding hydrogens is 206 g/mol. The number of hydrogen-bond donors (Lipinski definition) is 1. The van der Waals surface area contributed by atoms with Gasteiger partial charge < -0.3 is 14.6 Å². The normalized spacial score (nSPS) is 13.4. The summed E-state index contributed by atoms with van der Waals surface area (Å²) in [6.07, 6.45) is 0. The summed E-state index contributed by atoms with van der Waals surface area (Å²) in [5, 5.41) is 18.2. The predicted molar refractivity (Wildman–Crippen MR) is 48.8 cm³/mol. The molecule has 2 rings (SSSR count). The van der Waals surface area contributed by atoms with E-state index in [0.29, 0.717) is 24.7 Å². The number of phenolic OH excluding ortho intramolecular Hbond substituents is 1. The SMILES string of the molecule is N#Cc1c(Cl)c(O)cc2c1OCCO2. The van der Waals surface area contributed by atoms with Crippen molar-refractivity contribution < 1.29 is 14.6 Å². The van der Waals surface area contributed by atoms with Crippen LogP contribution in [-0.4, -0.2) is 18.3 Å². The second-order valence-corrected chi connectivity index (χ2v) is 3.10. The summed E-state index contributed by atoms with van der Waals surface area (Å²) >= 11 is 5.72. The molecule has 0 bridgehead atoms. The van der Waals surface area contributed by atoms with Crippen LogP contribution in [0.25, 0.3) is 0 Å². The fourth-order valence-corrected chi connectivity index (χ4v) is 1.43. The molecule has 1 aliphatic rings. The standard InChI is InChI=1S/C9H6ClNO3/c10-8-5(4-11)9-7(3-6(8)12)13-1-2-14-9/h3,12H,1-2H2. The zero-order valence-electron chi connectivity index (χ0n) is 7.08. The average Bonchev–Trinajstić information content (AvgIpc) is 2.20. The van der Waals surface area contributed by atoms with Crippen LogP contribution in [0.5, 0.6) is 17.2 Å². The molecule has 5 heteroatoms. The second-order valence-electron chi connectivity index (χ2n) is 2.72. The molecule has 0 saturated carbocycles. The molecule has 0 radical (unpaired) electrons. The highest BCUT2D eigenvalue weighted by atomic mass is 35.5. The third kappa shape index (κ3) is 1.22. The van der Waals surface area contributed by atoms with Crippen molar-refractivity contribution in [3.8, 4) is 23.3 Å². The Morgan fingerprint density at radius 1 is 1.43 bits per heavy atom. The van der Waals surface area contributed by atoms with Crippen molar-refractivity contribution >= 4 is 11.6 Å². The minimum atomic E-state index is -0.174. The molecule has 0 saturated heterocycles. The van der Waals surface area contributed by atoms with Gasteiger partial charge in [0.05, 0.1) is 0 Å². The van der Waals surface area contributed by atoms with Crippen LogP contribution in [0.15, 0.2) is 6.07 Å². The van der Waals surface area contributed by atoms with Gasteiger partial charge in [-0.3, -0.25) is 0 Å². The van der Waals surface area contributed by atoms with E-state index in [1.54, 1.807) is 0 Å². The Labute approximate surface area is 85.2 Å². The van der Waals surface area contributed by atoms with E-state index in [2.05, 4.69) is 0 Å². The number of nitriles is 1. The number of rotatable bonds is 0. The number of nitrogens with zero attached hydrogens (tertiary/aromatic N) is 1. The lowest BCUT2D eigenvalue weighted by Crippen LogP contribution is -2.16. The Balaban J connectivity index is 2.67. The van der Waals surface area contributed by atoms with Crippen LogP contribution in [-0.2, 0) is 0 Å². The molecule has 0 unspecified atom stereocenters. The summed E-state index contributed by atoms with van der Waals surface area (Å²) in [6.45, 7) is 0.779. The van der Waals surface area contributed by atoms with Gasteiger partial charge >= 0.3 is 0 Å². The van der Waals surface area contributed by atoms with Crippen molar-refractivity contribution in [1.29, 1.82) is 5.26 Å². The van der Waals surface area contributed by atoms with Gasteiger partial charge in [-0.05, 0) is 0 Å². The van der Waals surface area contributed by atoms with Crippen molar-refractivity contribution in [1.82, 2.24) is 0 Å². The molecular formula is C9H6ClNO3. The molecule has 72 valence electrons. The molecule has 0 atom stereocenters. The monoisotopic (exact) mass is 211 g/mol. The maximum Gasteiger partial charge on any atom is 0.180 e. The van der Waals surface area contributed by atoms with Crippen LogP contribution >= 0.6 is 11.6 Å². The van der Waals surface area contributed by atoms with Gasteiger partial charge in [0.1, 0.15) is 35.6 Å². The van der Waals surface area contributed by atoms with Crippen molar-refractivity contribution in [2.75, 3.05) is 13.2 Å². The lowest BCUT2D eigenvalue weighted by molar-refractivity contribution is 0.170. The lowest BCUT2D eigenvalue weighted by Gasteiger charge is -2.19. The first-order chi connectivity index (χ1) is 6.74. The molecule has 0 aromatic heterocycles. The largest absolute Gasteiger partial charge is 0.506 e. The van der Waals surface area contributed by atoms with Gasteiger partial charge in [-0.15, -0.1) is 0 Å². The van der Waals surface area contributed by atoms with E-state index in [-0.39, 0.29) is 16.3 Å². The molecule has 0 amide bonds. The smallest absolute Gasteiger partial charge is 0.180 e. The Kier molecular flexibility index (Phi) is 2.10. The van der Waals surface area contributed by atoms with Crippen LogP contribution in [0.1, 0.15) is 5.56 Å². The van der Waals surface area contributed by atoms with Crippen molar-refractivity contribution in [2.45, 2.75) is 0 Å². The fourth-order valence-electron chi connectivity index (χ4n) is 1.25. The minimum Gasteiger partial charge on any atom is -0.506 e. The van der Waals surface area contributed by atoms with Crippen molar-refractivity contribution in [3.63, 3.8) is 0 Å². The summed E-state index contributed by atoms with van der Waals surface area (Å²) in [7, 11) is 0. The first kappa shape index (κ1) is 8.97. The number of halogens is 1. The van der Waals surface area contributed by atoms with E-state index in [1.165, 1.54) is 6.07 Å². The molecule has 0 spiro atoms. The first-order valence-corrected chi connectivity index (χ1v) is 4.33. The van der Waals surface area contributed by atoms with E-state index in [9.17, 15) is 5.11 Å². The van der Waals surface area contributed by atoms with Gasteiger partial charge in [0.2, 0.25) is 0 Å². The van der Waals surface area contributed by atoms with Crippen molar-refractivity contribution in [3.05, 3.63) is 16.7 Å². The van der Waals surface area contributed by atoms with Gasteiger partial charge in [-0.2, -0.15) is 5.26 Å². The number of phenols is 1. The zero-order chi connectivity index (χ0) is 10.1. The van der Waals surface area contributed by atoms with E-state index >= 15 is 0 Å². The predicted octanol–water partition coefficient (Wildman–Crippen LogP) is 1.69. The fraction of sp³-hybridized carbons (Fsp3) is 0.222. The molecule has 1 aromatic carbocycles. The van der Waals surface area contributed by atoms with Gasteiger partial charge in [-0.1, -0.05) is 11.6 Å². The third-order valence-corrected chi connectivity index (χ3v) is 2.24. The molecule has 1 aromatic rings. The number of aromatic hydroxyl groups is 1. The van der Waals surface area contributed by atoms with Crippen LogP contribution < -0.4 is 9.47 Å². The average molecular weight is 212 g/mol. The summed E-state index contributed by atoms with van der Waals surface area (Å²) in [4.78, 5) is 0. The molecule has 1 heterocycles. The highest BCUT2D eigenvalue weighted by Gasteiger charge is 2.21. The molecule has 1 aliphatic heterocycles. The minimum absolute atomic E-state index is 0.00301. The van der Waals surface area contributed by atoms with Gasteiger partial charge in [0.15, 0.2) is 11.5 Å². The Bertz CT molecular complexity index is 425. The van der Waals surface area contributed by atoms with E-state index in [1.807, 2.05) is 6.07 Å². The van der Waals surface area contributed by atoms with E-state index in [4.69, 9.17) is 26.3 Å². The van der Waals surface area contributed by atoms with E-state index in [0.717, 1.165) is 0 Å². The Morgan fingerprint density at radius 2 is 2.14 bits per heavy atom. The summed E-state index contributed by atoms with van der Waals surface area (Å²) in [5.74, 6) is 0.490. The van der Waals surface area contributed by atoms with Crippen LogP contribution in [0.3, 0.4) is 0 Å². The maximum atomic E-state index is 9.37. The van der Waals surface area contributed by atoms with Crippen LogP contribution in [0.4, 0.5) is 0 Å². The lowest BCUT2D eigenvalue weighted by atomic mass is 10.2. The maximum absolute atomic E-state index is 9.37. The summed E-state index contributed by atoms with van der Waals surface area (Å²) < 4.78 is 10.4. The molecule has 0 fully saturated rings. The van der Waals surface area contributed by atoms with Crippen LogP contribution in [0.2, 0.25) is 5.02 Å². The number of benzene rings is 1. The zero-order valence-corrected chi connectivity index (χ0v) is 7.84. The van der Waals surface area contributed by atoms with Gasteiger partial charge in [0, 0.05) is 6.07 Å². The highest BCUT2D eigenvalue weighted by molar-refractivity contribution is 6.33. The third-order valence-electron chi connectivity index (χ3n) is 1.86.